The molecule has 3 rings (SSSR count). The van der Waals surface area contributed by atoms with Gasteiger partial charge in [0.25, 0.3) is 0 Å². The van der Waals surface area contributed by atoms with Gasteiger partial charge in [-0.1, -0.05) is 25.3 Å². The van der Waals surface area contributed by atoms with Crippen molar-refractivity contribution in [3.05, 3.63) is 29.6 Å². The average molecular weight is 319 g/mol. The highest BCUT2D eigenvalue weighted by Crippen LogP contribution is 2.23. The van der Waals surface area contributed by atoms with E-state index in [1.54, 1.807) is 19.1 Å². The van der Waals surface area contributed by atoms with Gasteiger partial charge >= 0.3 is 6.03 Å². The lowest BCUT2D eigenvalue weighted by Crippen LogP contribution is -2.53. The van der Waals surface area contributed by atoms with Crippen LogP contribution in [0.2, 0.25) is 0 Å². The normalized spacial score (nSPS) is 20.5. The molecule has 0 radical (unpaired) electrons. The first-order valence-corrected chi connectivity index (χ1v) is 8.69. The van der Waals surface area contributed by atoms with Crippen LogP contribution in [0.3, 0.4) is 0 Å². The summed E-state index contributed by atoms with van der Waals surface area (Å²) >= 11 is 0. The molecule has 1 N–H and O–H groups in total. The summed E-state index contributed by atoms with van der Waals surface area (Å²) < 4.78 is 13.6. The van der Waals surface area contributed by atoms with E-state index >= 15 is 0 Å². The Hall–Kier alpha value is -1.62. The molecule has 23 heavy (non-hydrogen) atoms. The molecule has 4 nitrogen and oxygen atoms in total. The summed E-state index contributed by atoms with van der Waals surface area (Å²) in [6, 6.07) is 5.39. The molecular weight excluding hydrogens is 293 g/mol. The van der Waals surface area contributed by atoms with Gasteiger partial charge in [-0.2, -0.15) is 0 Å². The number of piperazine rings is 1. The number of urea groups is 1. The summed E-state index contributed by atoms with van der Waals surface area (Å²) in [6.45, 7) is 5.10. The second-order valence-corrected chi connectivity index (χ2v) is 6.71. The molecule has 0 atom stereocenters. The molecule has 0 spiro atoms. The van der Waals surface area contributed by atoms with Crippen molar-refractivity contribution in [3.8, 4) is 0 Å². The summed E-state index contributed by atoms with van der Waals surface area (Å²) in [7, 11) is 0. The first-order chi connectivity index (χ1) is 11.1. The Labute approximate surface area is 137 Å². The number of carbonyl (C=O) groups excluding carboxylic acids is 1. The van der Waals surface area contributed by atoms with E-state index in [4.69, 9.17) is 0 Å². The molecule has 1 saturated heterocycles. The van der Waals surface area contributed by atoms with E-state index in [2.05, 4.69) is 10.2 Å². The van der Waals surface area contributed by atoms with Crippen molar-refractivity contribution in [2.45, 2.75) is 45.1 Å². The van der Waals surface area contributed by atoms with Gasteiger partial charge in [-0.05, 0) is 37.5 Å². The van der Waals surface area contributed by atoms with E-state index in [-0.39, 0.29) is 11.8 Å². The van der Waals surface area contributed by atoms with Crippen LogP contribution in [-0.2, 0) is 0 Å². The molecule has 1 aromatic rings. The highest BCUT2D eigenvalue weighted by Gasteiger charge is 2.27. The van der Waals surface area contributed by atoms with Crippen LogP contribution < -0.4 is 5.32 Å². The summed E-state index contributed by atoms with van der Waals surface area (Å²) in [5.74, 6) is -0.287. The molecule has 2 aliphatic rings. The Morgan fingerprint density at radius 2 is 1.83 bits per heavy atom. The molecule has 5 heteroatoms. The molecule has 1 aromatic carbocycles. The van der Waals surface area contributed by atoms with Crippen LogP contribution in [0.25, 0.3) is 0 Å². The number of benzene rings is 1. The molecule has 0 aromatic heterocycles. The Morgan fingerprint density at radius 3 is 2.48 bits per heavy atom. The van der Waals surface area contributed by atoms with Crippen LogP contribution in [0.15, 0.2) is 18.2 Å². The summed E-state index contributed by atoms with van der Waals surface area (Å²) in [5, 5.41) is 2.80. The van der Waals surface area contributed by atoms with Crippen LogP contribution in [0.1, 0.15) is 37.7 Å². The molecule has 0 bridgehead atoms. The van der Waals surface area contributed by atoms with Crippen molar-refractivity contribution in [2.24, 2.45) is 0 Å². The summed E-state index contributed by atoms with van der Waals surface area (Å²) in [4.78, 5) is 16.7. The van der Waals surface area contributed by atoms with Crippen LogP contribution >= 0.6 is 0 Å². The van der Waals surface area contributed by atoms with E-state index in [1.165, 1.54) is 38.2 Å². The predicted molar refractivity (Wildman–Crippen MR) is 90.2 cm³/mol. The molecule has 1 heterocycles. The van der Waals surface area contributed by atoms with Crippen molar-refractivity contribution in [1.82, 2.24) is 9.80 Å². The van der Waals surface area contributed by atoms with Crippen molar-refractivity contribution in [1.29, 1.82) is 0 Å². The number of hydrogen-bond acceptors (Lipinski definition) is 2. The van der Waals surface area contributed by atoms with Gasteiger partial charge < -0.3 is 10.2 Å². The number of aryl methyl sites for hydroxylation is 1. The number of amides is 2. The lowest BCUT2D eigenvalue weighted by atomic mass is 9.94. The maximum absolute atomic E-state index is 13.6. The van der Waals surface area contributed by atoms with Gasteiger partial charge in [0.05, 0.1) is 0 Å². The highest BCUT2D eigenvalue weighted by atomic mass is 19.1. The van der Waals surface area contributed by atoms with E-state index in [1.807, 2.05) is 4.90 Å². The number of rotatable bonds is 2. The Morgan fingerprint density at radius 1 is 1.13 bits per heavy atom. The maximum Gasteiger partial charge on any atom is 0.321 e. The van der Waals surface area contributed by atoms with E-state index in [9.17, 15) is 9.18 Å². The molecule has 0 unspecified atom stereocenters. The topological polar surface area (TPSA) is 35.6 Å². The Balaban J connectivity index is 1.50. The van der Waals surface area contributed by atoms with Crippen molar-refractivity contribution in [2.75, 3.05) is 31.5 Å². The minimum atomic E-state index is -0.287. The van der Waals surface area contributed by atoms with Gasteiger partial charge in [-0.3, -0.25) is 4.90 Å². The number of anilines is 1. The third-order valence-electron chi connectivity index (χ3n) is 5.12. The van der Waals surface area contributed by atoms with Gasteiger partial charge in [-0.25, -0.2) is 9.18 Å². The summed E-state index contributed by atoms with van der Waals surface area (Å²) in [6.07, 6.45) is 6.64. The Bertz CT molecular complexity index is 549. The van der Waals surface area contributed by atoms with Crippen molar-refractivity contribution >= 4 is 11.7 Å². The van der Waals surface area contributed by atoms with Gasteiger partial charge in [-0.15, -0.1) is 0 Å². The number of hydrogen-bond donors (Lipinski definition) is 1. The lowest BCUT2D eigenvalue weighted by Gasteiger charge is -2.40. The minimum absolute atomic E-state index is 0.128. The largest absolute Gasteiger partial charge is 0.322 e. The number of nitrogens with zero attached hydrogens (tertiary/aromatic N) is 2. The molecule has 1 saturated carbocycles. The van der Waals surface area contributed by atoms with Crippen molar-refractivity contribution < 1.29 is 9.18 Å². The number of carbonyl (C=O) groups is 1. The second-order valence-electron chi connectivity index (χ2n) is 6.71. The molecule has 126 valence electrons. The van der Waals surface area contributed by atoms with Crippen LogP contribution in [0, 0.1) is 12.7 Å². The molecular formula is C18H26FN3O. The molecule has 2 amide bonds. The van der Waals surface area contributed by atoms with E-state index in [0.29, 0.717) is 17.3 Å². The quantitative estimate of drug-likeness (QED) is 0.904. The van der Waals surface area contributed by atoms with Crippen LogP contribution in [0.4, 0.5) is 14.9 Å². The number of halogens is 1. The van der Waals surface area contributed by atoms with E-state index in [0.717, 1.165) is 26.2 Å². The molecule has 1 aliphatic carbocycles. The van der Waals surface area contributed by atoms with Crippen molar-refractivity contribution in [3.63, 3.8) is 0 Å². The van der Waals surface area contributed by atoms with Crippen LogP contribution in [-0.4, -0.2) is 48.1 Å². The zero-order valence-corrected chi connectivity index (χ0v) is 13.9. The van der Waals surface area contributed by atoms with Gasteiger partial charge in [0.1, 0.15) is 5.82 Å². The second kappa shape index (κ2) is 7.30. The highest BCUT2D eigenvalue weighted by molar-refractivity contribution is 5.89. The fourth-order valence-corrected chi connectivity index (χ4v) is 3.61. The third-order valence-corrected chi connectivity index (χ3v) is 5.12. The standard InChI is InChI=1S/C18H26FN3O/c1-14-7-8-15(13-17(14)19)20-18(23)22-11-9-21(10-12-22)16-5-3-2-4-6-16/h7-8,13,16H,2-6,9-12H2,1H3,(H,20,23). The SMILES string of the molecule is Cc1ccc(NC(=O)N2CCN(C3CCCCC3)CC2)cc1F. The third kappa shape index (κ3) is 4.02. The predicted octanol–water partition coefficient (Wildman–Crippen LogP) is 3.62. The Kier molecular flexibility index (Phi) is 5.16. The fourth-order valence-electron chi connectivity index (χ4n) is 3.61. The zero-order chi connectivity index (χ0) is 16.2. The maximum atomic E-state index is 13.6. The van der Waals surface area contributed by atoms with E-state index < -0.39 is 0 Å². The summed E-state index contributed by atoms with van der Waals surface area (Å²) in [5.41, 5.74) is 1.11. The first kappa shape index (κ1) is 16.2. The van der Waals surface area contributed by atoms with Crippen LogP contribution in [0.5, 0.6) is 0 Å². The number of nitrogens with one attached hydrogen (secondary N) is 1. The lowest BCUT2D eigenvalue weighted by molar-refractivity contribution is 0.0943. The smallest absolute Gasteiger partial charge is 0.321 e. The monoisotopic (exact) mass is 319 g/mol. The van der Waals surface area contributed by atoms with Gasteiger partial charge in [0.15, 0.2) is 0 Å². The van der Waals surface area contributed by atoms with Gasteiger partial charge in [0, 0.05) is 37.9 Å². The first-order valence-electron chi connectivity index (χ1n) is 8.69. The fraction of sp³-hybridized carbons (Fsp3) is 0.611. The van der Waals surface area contributed by atoms with Gasteiger partial charge in [0.2, 0.25) is 0 Å². The molecule has 1 aliphatic heterocycles. The minimum Gasteiger partial charge on any atom is -0.322 e. The zero-order valence-electron chi connectivity index (χ0n) is 13.9. The average Bonchev–Trinajstić information content (AvgIpc) is 2.59. The molecule has 2 fully saturated rings.